The van der Waals surface area contributed by atoms with Gasteiger partial charge in [-0.05, 0) is 11.6 Å². The molecule has 1 aromatic rings. The molecule has 0 saturated carbocycles. The van der Waals surface area contributed by atoms with Crippen LogP contribution in [0.3, 0.4) is 0 Å². The first-order valence-corrected chi connectivity index (χ1v) is 3.83. The Morgan fingerprint density at radius 2 is 2.08 bits per heavy atom. The molecule has 0 N–H and O–H groups in total. The number of rotatable bonds is 0. The Morgan fingerprint density at radius 1 is 1.25 bits per heavy atom. The van der Waals surface area contributed by atoms with Crippen molar-refractivity contribution < 1.29 is 28.0 Å². The molecule has 0 bridgehead atoms. The first-order chi connectivity index (χ1) is 5.43. The predicted molar refractivity (Wildman–Crippen MR) is 39.4 cm³/mol. The van der Waals surface area contributed by atoms with E-state index in [0.29, 0.717) is 6.10 Å². The molecule has 0 amide bonds. The van der Waals surface area contributed by atoms with Gasteiger partial charge >= 0.3 is 0 Å². The third-order valence-electron chi connectivity index (χ3n) is 2.17. The van der Waals surface area contributed by atoms with Crippen molar-refractivity contribution in [2.24, 2.45) is 0 Å². The minimum absolute atomic E-state index is 0. The second-order valence-electron chi connectivity index (χ2n) is 2.97. The summed E-state index contributed by atoms with van der Waals surface area (Å²) in [6.45, 7) is 0. The Kier molecular flexibility index (Phi) is 1.91. The predicted octanol–water partition coefficient (Wildman–Crippen LogP) is 1.34. The maximum Gasteiger partial charge on any atom is 0.227 e. The molecule has 2 aliphatic heterocycles. The van der Waals surface area contributed by atoms with Gasteiger partial charge in [-0.15, -0.1) is 0 Å². The molecule has 3 heteroatoms. The Bertz CT molecular complexity index is 271. The number of hydrogen-bond donors (Lipinski definition) is 0. The Hall–Kier alpha value is -0.436. The summed E-state index contributed by atoms with van der Waals surface area (Å²) in [6, 6.07) is 8.10. The van der Waals surface area contributed by atoms with E-state index in [1.54, 1.807) is 0 Å². The molecule has 0 spiro atoms. The number of para-hydroxylation sites is 1. The maximum atomic E-state index is 5.48. The van der Waals surface area contributed by atoms with Crippen molar-refractivity contribution in [3.63, 3.8) is 0 Å². The van der Waals surface area contributed by atoms with Crippen LogP contribution in [0.15, 0.2) is 24.3 Å². The maximum absolute atomic E-state index is 5.48. The van der Waals surface area contributed by atoms with Gasteiger partial charge in [0, 0.05) is 25.0 Å². The summed E-state index contributed by atoms with van der Waals surface area (Å²) in [5.74, 6) is 0.992. The van der Waals surface area contributed by atoms with E-state index in [9.17, 15) is 0 Å². The average Bonchev–Trinajstić information content (AvgIpc) is 2.77. The largest absolute Gasteiger partial charge is 0.462 e. The zero-order valence-corrected chi connectivity index (χ0v) is 7.83. The Balaban J connectivity index is 0.000000563. The molecule has 2 atom stereocenters. The molecule has 1 fully saturated rings. The molecule has 61 valence electrons. The van der Waals surface area contributed by atoms with Gasteiger partial charge in [0.15, 0.2) is 0 Å². The molecular weight excluding hydrogens is 191 g/mol. The quantitative estimate of drug-likeness (QED) is 0.588. The van der Waals surface area contributed by atoms with Gasteiger partial charge in [0.1, 0.15) is 11.9 Å². The molecular formula is C9H8O2V. The van der Waals surface area contributed by atoms with Crippen molar-refractivity contribution in [2.75, 3.05) is 0 Å². The van der Waals surface area contributed by atoms with Crippen LogP contribution >= 0.6 is 0 Å². The van der Waals surface area contributed by atoms with E-state index in [1.165, 1.54) is 5.56 Å². The molecule has 2 heterocycles. The summed E-state index contributed by atoms with van der Waals surface area (Å²) < 4.78 is 10.7. The standard InChI is InChI=1S/C9H8O2.V/c1-2-4-7-6(3-1)5-8-9(10-7)11-8;/h1-4,8-9H,5H2;. The van der Waals surface area contributed by atoms with Crippen LogP contribution in [-0.2, 0) is 29.7 Å². The Morgan fingerprint density at radius 3 is 3.00 bits per heavy atom. The van der Waals surface area contributed by atoms with Gasteiger partial charge < -0.3 is 9.47 Å². The van der Waals surface area contributed by atoms with Crippen molar-refractivity contribution in [3.8, 4) is 5.75 Å². The summed E-state index contributed by atoms with van der Waals surface area (Å²) >= 11 is 0. The molecule has 12 heavy (non-hydrogen) atoms. The average molecular weight is 199 g/mol. The van der Waals surface area contributed by atoms with Crippen LogP contribution in [0.5, 0.6) is 5.75 Å². The van der Waals surface area contributed by atoms with Crippen LogP contribution in [0.25, 0.3) is 0 Å². The van der Waals surface area contributed by atoms with Gasteiger partial charge in [-0.1, -0.05) is 18.2 Å². The van der Waals surface area contributed by atoms with Crippen molar-refractivity contribution >= 4 is 0 Å². The van der Waals surface area contributed by atoms with Gasteiger partial charge in [0.25, 0.3) is 0 Å². The molecule has 1 radical (unpaired) electrons. The van der Waals surface area contributed by atoms with E-state index in [1.807, 2.05) is 18.2 Å². The third kappa shape index (κ3) is 1.16. The van der Waals surface area contributed by atoms with Gasteiger partial charge in [-0.3, -0.25) is 0 Å². The summed E-state index contributed by atoms with van der Waals surface area (Å²) in [6.07, 6.45) is 1.41. The van der Waals surface area contributed by atoms with Crippen LogP contribution in [0.2, 0.25) is 0 Å². The molecule has 2 unspecified atom stereocenters. The van der Waals surface area contributed by atoms with E-state index in [2.05, 4.69) is 6.07 Å². The van der Waals surface area contributed by atoms with Gasteiger partial charge in [0.05, 0.1) is 0 Å². The summed E-state index contributed by atoms with van der Waals surface area (Å²) in [5, 5.41) is 0. The molecule has 1 aromatic carbocycles. The number of hydrogen-bond acceptors (Lipinski definition) is 2. The summed E-state index contributed by atoms with van der Waals surface area (Å²) in [5.41, 5.74) is 1.27. The van der Waals surface area contributed by atoms with Crippen LogP contribution < -0.4 is 4.74 Å². The summed E-state index contributed by atoms with van der Waals surface area (Å²) in [4.78, 5) is 0. The fraction of sp³-hybridized carbons (Fsp3) is 0.333. The van der Waals surface area contributed by atoms with Crippen molar-refractivity contribution in [1.29, 1.82) is 0 Å². The van der Waals surface area contributed by atoms with Gasteiger partial charge in [-0.2, -0.15) is 0 Å². The van der Waals surface area contributed by atoms with E-state index in [4.69, 9.17) is 9.47 Å². The van der Waals surface area contributed by atoms with Gasteiger partial charge in [-0.25, -0.2) is 0 Å². The monoisotopic (exact) mass is 199 g/mol. The first kappa shape index (κ1) is 8.18. The van der Waals surface area contributed by atoms with Crippen LogP contribution in [0, 0.1) is 0 Å². The van der Waals surface area contributed by atoms with Crippen molar-refractivity contribution in [1.82, 2.24) is 0 Å². The molecule has 0 aromatic heterocycles. The molecule has 3 rings (SSSR count). The summed E-state index contributed by atoms with van der Waals surface area (Å²) in [7, 11) is 0. The van der Waals surface area contributed by atoms with E-state index in [0.717, 1.165) is 12.2 Å². The zero-order valence-electron chi connectivity index (χ0n) is 6.43. The third-order valence-corrected chi connectivity index (χ3v) is 2.17. The second kappa shape index (κ2) is 2.80. The number of epoxide rings is 1. The topological polar surface area (TPSA) is 21.8 Å². The number of ether oxygens (including phenoxy) is 2. The van der Waals surface area contributed by atoms with E-state index >= 15 is 0 Å². The molecule has 2 aliphatic rings. The SMILES string of the molecule is [V].c1ccc2c(c1)CC1OC1O2. The van der Waals surface area contributed by atoms with Crippen LogP contribution in [-0.4, -0.2) is 12.4 Å². The molecule has 2 nitrogen and oxygen atoms in total. The van der Waals surface area contributed by atoms with Crippen molar-refractivity contribution in [3.05, 3.63) is 29.8 Å². The minimum atomic E-state index is 0. The van der Waals surface area contributed by atoms with E-state index in [-0.39, 0.29) is 24.8 Å². The minimum Gasteiger partial charge on any atom is -0.462 e. The van der Waals surface area contributed by atoms with E-state index < -0.39 is 0 Å². The van der Waals surface area contributed by atoms with Crippen LogP contribution in [0.1, 0.15) is 5.56 Å². The zero-order chi connectivity index (χ0) is 7.26. The number of fused-ring (bicyclic) bond motifs is 2. The fourth-order valence-corrected chi connectivity index (χ4v) is 1.50. The second-order valence-corrected chi connectivity index (χ2v) is 2.97. The molecule has 0 aliphatic carbocycles. The fourth-order valence-electron chi connectivity index (χ4n) is 1.50. The van der Waals surface area contributed by atoms with Crippen LogP contribution in [0.4, 0.5) is 0 Å². The van der Waals surface area contributed by atoms with Gasteiger partial charge in [0.2, 0.25) is 6.29 Å². The normalized spacial score (nSPS) is 29.0. The molecule has 1 saturated heterocycles. The smallest absolute Gasteiger partial charge is 0.227 e. The van der Waals surface area contributed by atoms with Crippen molar-refractivity contribution in [2.45, 2.75) is 18.8 Å². The number of benzene rings is 1. The Labute approximate surface area is 82.7 Å². The first-order valence-electron chi connectivity index (χ1n) is 3.83.